The lowest BCUT2D eigenvalue weighted by atomic mass is 10.1. The van der Waals surface area contributed by atoms with E-state index in [-0.39, 0.29) is 11.9 Å². The van der Waals surface area contributed by atoms with Crippen LogP contribution in [0.1, 0.15) is 24.1 Å². The minimum absolute atomic E-state index is 0.144. The van der Waals surface area contributed by atoms with Gasteiger partial charge >= 0.3 is 0 Å². The molecular formula is C14H17FN2. The predicted molar refractivity (Wildman–Crippen MR) is 67.1 cm³/mol. The quantitative estimate of drug-likeness (QED) is 0.857. The number of nitrogens with one attached hydrogen (secondary N) is 1. The van der Waals surface area contributed by atoms with E-state index < -0.39 is 0 Å². The Kier molecular flexibility index (Phi) is 3.59. The van der Waals surface area contributed by atoms with Gasteiger partial charge in [0.05, 0.1) is 0 Å². The molecule has 0 amide bonds. The number of halogens is 1. The van der Waals surface area contributed by atoms with Crippen LogP contribution >= 0.6 is 0 Å². The lowest BCUT2D eigenvalue weighted by molar-refractivity contribution is 0.565. The van der Waals surface area contributed by atoms with Crippen molar-refractivity contribution in [1.82, 2.24) is 9.88 Å². The number of rotatable bonds is 4. The molecule has 1 atom stereocenters. The molecule has 0 bridgehead atoms. The summed E-state index contributed by atoms with van der Waals surface area (Å²) in [7, 11) is 2.00. The summed E-state index contributed by atoms with van der Waals surface area (Å²) in [4.78, 5) is 0. The van der Waals surface area contributed by atoms with Gasteiger partial charge in [0.25, 0.3) is 0 Å². The third-order valence-corrected chi connectivity index (χ3v) is 2.85. The van der Waals surface area contributed by atoms with Crippen LogP contribution in [-0.4, -0.2) is 4.57 Å². The van der Waals surface area contributed by atoms with E-state index in [1.54, 1.807) is 12.1 Å². The van der Waals surface area contributed by atoms with Crippen molar-refractivity contribution in [2.75, 3.05) is 0 Å². The molecule has 2 rings (SSSR count). The van der Waals surface area contributed by atoms with Gasteiger partial charge in [-0.1, -0.05) is 12.1 Å². The Bertz CT molecular complexity index is 490. The van der Waals surface area contributed by atoms with E-state index in [1.807, 2.05) is 30.8 Å². The van der Waals surface area contributed by atoms with Crippen LogP contribution in [-0.2, 0) is 13.6 Å². The molecule has 0 radical (unpaired) electrons. The maximum Gasteiger partial charge on any atom is 0.123 e. The highest BCUT2D eigenvalue weighted by Crippen LogP contribution is 2.14. The Morgan fingerprint density at radius 2 is 2.18 bits per heavy atom. The minimum Gasteiger partial charge on any atom is -0.357 e. The standard InChI is InChI=1S/C14H17FN2/c1-11(13-4-3-5-14(15)8-13)16-9-12-6-7-17(2)10-12/h3-8,10-11,16H,9H2,1-2H3. The Balaban J connectivity index is 1.95. The molecular weight excluding hydrogens is 215 g/mol. The molecule has 90 valence electrons. The summed E-state index contributed by atoms with van der Waals surface area (Å²) in [6.07, 6.45) is 4.09. The fourth-order valence-corrected chi connectivity index (χ4v) is 1.83. The van der Waals surface area contributed by atoms with Crippen LogP contribution in [0.15, 0.2) is 42.7 Å². The van der Waals surface area contributed by atoms with Gasteiger partial charge in [-0.05, 0) is 36.2 Å². The molecule has 1 aromatic heterocycles. The molecule has 0 aliphatic rings. The fourth-order valence-electron chi connectivity index (χ4n) is 1.83. The van der Waals surface area contributed by atoms with Gasteiger partial charge in [-0.3, -0.25) is 0 Å². The number of aryl methyl sites for hydroxylation is 1. The summed E-state index contributed by atoms with van der Waals surface area (Å²) in [6, 6.07) is 8.93. The molecule has 0 saturated heterocycles. The average molecular weight is 232 g/mol. The third-order valence-electron chi connectivity index (χ3n) is 2.85. The van der Waals surface area contributed by atoms with Crippen molar-refractivity contribution < 1.29 is 4.39 Å². The molecule has 17 heavy (non-hydrogen) atoms. The summed E-state index contributed by atoms with van der Waals surface area (Å²) >= 11 is 0. The smallest absolute Gasteiger partial charge is 0.123 e. The Labute approximate surface area is 101 Å². The van der Waals surface area contributed by atoms with E-state index in [4.69, 9.17) is 0 Å². The van der Waals surface area contributed by atoms with Gasteiger partial charge in [0.1, 0.15) is 5.82 Å². The highest BCUT2D eigenvalue weighted by Gasteiger charge is 2.05. The summed E-state index contributed by atoms with van der Waals surface area (Å²) in [5.74, 6) is -0.184. The lowest BCUT2D eigenvalue weighted by Crippen LogP contribution is -2.17. The first-order chi connectivity index (χ1) is 8.15. The fraction of sp³-hybridized carbons (Fsp3) is 0.286. The van der Waals surface area contributed by atoms with Gasteiger partial charge in [0, 0.05) is 32.0 Å². The average Bonchev–Trinajstić information content (AvgIpc) is 2.72. The molecule has 1 heterocycles. The van der Waals surface area contributed by atoms with Gasteiger partial charge in [-0.25, -0.2) is 4.39 Å². The van der Waals surface area contributed by atoms with Crippen LogP contribution in [0.4, 0.5) is 4.39 Å². The van der Waals surface area contributed by atoms with Crippen LogP contribution in [0, 0.1) is 5.82 Å². The van der Waals surface area contributed by atoms with Gasteiger partial charge in [-0.2, -0.15) is 0 Å². The summed E-state index contributed by atoms with van der Waals surface area (Å²) in [6.45, 7) is 2.83. The van der Waals surface area contributed by atoms with Crippen molar-refractivity contribution in [3.63, 3.8) is 0 Å². The molecule has 0 fully saturated rings. The molecule has 0 aliphatic carbocycles. The normalized spacial score (nSPS) is 12.6. The molecule has 3 heteroatoms. The van der Waals surface area contributed by atoms with E-state index in [0.717, 1.165) is 12.1 Å². The first kappa shape index (κ1) is 11.9. The molecule has 0 saturated carbocycles. The molecule has 2 aromatic rings. The SMILES string of the molecule is CC(NCc1ccn(C)c1)c1cccc(F)c1. The largest absolute Gasteiger partial charge is 0.357 e. The van der Waals surface area contributed by atoms with Gasteiger partial charge in [0.15, 0.2) is 0 Å². The van der Waals surface area contributed by atoms with Crippen LogP contribution in [0.3, 0.4) is 0 Å². The van der Waals surface area contributed by atoms with Crippen molar-refractivity contribution in [2.24, 2.45) is 7.05 Å². The summed E-state index contributed by atoms with van der Waals surface area (Å²) in [5.41, 5.74) is 2.21. The van der Waals surface area contributed by atoms with Gasteiger partial charge in [-0.15, -0.1) is 0 Å². The van der Waals surface area contributed by atoms with E-state index in [2.05, 4.69) is 17.6 Å². The summed E-state index contributed by atoms with van der Waals surface area (Å²) in [5, 5.41) is 3.38. The zero-order valence-electron chi connectivity index (χ0n) is 10.2. The molecule has 1 N–H and O–H groups in total. The van der Waals surface area contributed by atoms with Gasteiger partial charge < -0.3 is 9.88 Å². The van der Waals surface area contributed by atoms with Crippen molar-refractivity contribution in [1.29, 1.82) is 0 Å². The second-order valence-electron chi connectivity index (χ2n) is 4.34. The molecule has 2 nitrogen and oxygen atoms in total. The van der Waals surface area contributed by atoms with E-state index >= 15 is 0 Å². The Morgan fingerprint density at radius 3 is 2.82 bits per heavy atom. The topological polar surface area (TPSA) is 17.0 Å². The summed E-state index contributed by atoms with van der Waals surface area (Å²) < 4.78 is 15.1. The number of hydrogen-bond donors (Lipinski definition) is 1. The highest BCUT2D eigenvalue weighted by atomic mass is 19.1. The van der Waals surface area contributed by atoms with Crippen LogP contribution in [0.25, 0.3) is 0 Å². The van der Waals surface area contributed by atoms with Crippen molar-refractivity contribution >= 4 is 0 Å². The van der Waals surface area contributed by atoms with Crippen LogP contribution < -0.4 is 5.32 Å². The number of nitrogens with zero attached hydrogens (tertiary/aromatic N) is 1. The number of benzene rings is 1. The first-order valence-electron chi connectivity index (χ1n) is 5.75. The van der Waals surface area contributed by atoms with Crippen LogP contribution in [0.5, 0.6) is 0 Å². The molecule has 1 aromatic carbocycles. The second kappa shape index (κ2) is 5.15. The van der Waals surface area contributed by atoms with Crippen LogP contribution in [0.2, 0.25) is 0 Å². The number of hydrogen-bond acceptors (Lipinski definition) is 1. The van der Waals surface area contributed by atoms with Crippen molar-refractivity contribution in [2.45, 2.75) is 19.5 Å². The van der Waals surface area contributed by atoms with Crippen molar-refractivity contribution in [3.05, 3.63) is 59.7 Å². The zero-order chi connectivity index (χ0) is 12.3. The zero-order valence-corrected chi connectivity index (χ0v) is 10.2. The Morgan fingerprint density at radius 1 is 1.35 bits per heavy atom. The monoisotopic (exact) mass is 232 g/mol. The van der Waals surface area contributed by atoms with Gasteiger partial charge in [0.2, 0.25) is 0 Å². The van der Waals surface area contributed by atoms with E-state index in [1.165, 1.54) is 11.6 Å². The molecule has 0 aliphatic heterocycles. The lowest BCUT2D eigenvalue weighted by Gasteiger charge is -2.13. The minimum atomic E-state index is -0.184. The first-order valence-corrected chi connectivity index (χ1v) is 5.75. The number of aromatic nitrogens is 1. The second-order valence-corrected chi connectivity index (χ2v) is 4.34. The third kappa shape index (κ3) is 3.17. The maximum absolute atomic E-state index is 13.1. The van der Waals surface area contributed by atoms with Crippen molar-refractivity contribution in [3.8, 4) is 0 Å². The Hall–Kier alpha value is -1.61. The van der Waals surface area contributed by atoms with E-state index in [9.17, 15) is 4.39 Å². The molecule has 0 spiro atoms. The highest BCUT2D eigenvalue weighted by molar-refractivity contribution is 5.20. The molecule has 1 unspecified atom stereocenters. The maximum atomic E-state index is 13.1. The van der Waals surface area contributed by atoms with E-state index in [0.29, 0.717) is 0 Å². The predicted octanol–water partition coefficient (Wildman–Crippen LogP) is 3.02.